The van der Waals surface area contributed by atoms with Crippen molar-refractivity contribution in [1.82, 2.24) is 9.47 Å². The van der Waals surface area contributed by atoms with Crippen molar-refractivity contribution in [2.24, 2.45) is 0 Å². The van der Waals surface area contributed by atoms with Crippen LogP contribution in [0.1, 0.15) is 34.2 Å². The van der Waals surface area contributed by atoms with Crippen molar-refractivity contribution >= 4 is 40.9 Å². The van der Waals surface area contributed by atoms with Gasteiger partial charge in [0.2, 0.25) is 0 Å². The maximum absolute atomic E-state index is 12.7. The molecule has 0 unspecified atom stereocenters. The molecule has 156 valence electrons. The molecule has 8 nitrogen and oxygen atoms in total. The van der Waals surface area contributed by atoms with Gasteiger partial charge in [0.25, 0.3) is 11.1 Å². The van der Waals surface area contributed by atoms with Gasteiger partial charge in [-0.1, -0.05) is 12.1 Å². The molecule has 2 heterocycles. The molecule has 2 aromatic rings. The second kappa shape index (κ2) is 8.19. The van der Waals surface area contributed by atoms with Crippen LogP contribution in [0.25, 0.3) is 11.8 Å². The van der Waals surface area contributed by atoms with E-state index in [1.807, 2.05) is 13.0 Å². The summed E-state index contributed by atoms with van der Waals surface area (Å²) in [4.78, 5) is 49.4. The topological polar surface area (TPSA) is 106 Å². The van der Waals surface area contributed by atoms with E-state index in [9.17, 15) is 24.3 Å². The molecule has 1 fully saturated rings. The number of carboxylic acid groups (broad SMARTS) is 1. The first-order chi connectivity index (χ1) is 14.2. The summed E-state index contributed by atoms with van der Waals surface area (Å²) in [5.74, 6) is -2.29. The summed E-state index contributed by atoms with van der Waals surface area (Å²) in [7, 11) is 1.19. The van der Waals surface area contributed by atoms with Crippen LogP contribution in [0, 0.1) is 13.8 Å². The van der Waals surface area contributed by atoms with Crippen LogP contribution in [0.4, 0.5) is 4.79 Å². The Kier molecular flexibility index (Phi) is 5.84. The number of carbonyl (C=O) groups excluding carboxylic acids is 3. The summed E-state index contributed by atoms with van der Waals surface area (Å²) in [6.45, 7) is 5.06. The van der Waals surface area contributed by atoms with Gasteiger partial charge in [-0.05, 0) is 62.4 Å². The molecular weight excluding hydrogens is 408 g/mol. The van der Waals surface area contributed by atoms with Crippen LogP contribution in [-0.2, 0) is 14.3 Å². The number of nitrogens with zero attached hydrogens (tertiary/aromatic N) is 2. The van der Waals surface area contributed by atoms with Gasteiger partial charge in [0.05, 0.1) is 23.3 Å². The van der Waals surface area contributed by atoms with E-state index in [0.717, 1.165) is 22.4 Å². The molecule has 1 aliphatic heterocycles. The van der Waals surface area contributed by atoms with Crippen LogP contribution in [0.15, 0.2) is 35.2 Å². The Morgan fingerprint density at radius 3 is 2.50 bits per heavy atom. The number of aromatic nitrogens is 1. The number of benzene rings is 1. The van der Waals surface area contributed by atoms with Crippen molar-refractivity contribution in [2.75, 3.05) is 7.11 Å². The third-order valence-electron chi connectivity index (χ3n) is 4.89. The molecule has 2 amide bonds. The SMILES string of the molecule is COC(=O)[C@H](C)N1C(=O)S/C(=C/c2cc(C)n(-c3ccccc3C(=O)O)c2C)C1=O. The van der Waals surface area contributed by atoms with Gasteiger partial charge in [-0.25, -0.2) is 9.59 Å². The second-order valence-corrected chi connectivity index (χ2v) is 7.73. The molecule has 0 aliphatic carbocycles. The summed E-state index contributed by atoms with van der Waals surface area (Å²) in [6, 6.07) is 7.42. The fourth-order valence-electron chi connectivity index (χ4n) is 3.38. The molecule has 3 rings (SSSR count). The van der Waals surface area contributed by atoms with Gasteiger partial charge in [0.1, 0.15) is 6.04 Å². The van der Waals surface area contributed by atoms with Crippen molar-refractivity contribution in [1.29, 1.82) is 0 Å². The minimum Gasteiger partial charge on any atom is -0.478 e. The number of aryl methyl sites for hydroxylation is 1. The third kappa shape index (κ3) is 3.63. The van der Waals surface area contributed by atoms with Crippen LogP contribution in [0.2, 0.25) is 0 Å². The molecule has 9 heteroatoms. The minimum absolute atomic E-state index is 0.151. The normalized spacial score (nSPS) is 16.3. The first-order valence-electron chi connectivity index (χ1n) is 9.04. The van der Waals surface area contributed by atoms with E-state index in [1.54, 1.807) is 35.8 Å². The molecule has 30 heavy (non-hydrogen) atoms. The molecule has 0 saturated carbocycles. The van der Waals surface area contributed by atoms with Crippen molar-refractivity contribution in [3.63, 3.8) is 0 Å². The molecule has 1 aromatic carbocycles. The quantitative estimate of drug-likeness (QED) is 0.575. The van der Waals surface area contributed by atoms with E-state index in [-0.39, 0.29) is 10.5 Å². The first-order valence-corrected chi connectivity index (χ1v) is 9.85. The third-order valence-corrected chi connectivity index (χ3v) is 5.77. The van der Waals surface area contributed by atoms with E-state index >= 15 is 0 Å². The number of carbonyl (C=O) groups is 4. The Morgan fingerprint density at radius 2 is 1.87 bits per heavy atom. The molecule has 1 aliphatic rings. The number of rotatable bonds is 5. The predicted molar refractivity (Wildman–Crippen MR) is 111 cm³/mol. The number of ether oxygens (including phenoxy) is 1. The smallest absolute Gasteiger partial charge is 0.337 e. The highest BCUT2D eigenvalue weighted by atomic mass is 32.2. The largest absolute Gasteiger partial charge is 0.478 e. The Hall–Kier alpha value is -3.33. The molecule has 1 aromatic heterocycles. The minimum atomic E-state index is -1.04. The van der Waals surface area contributed by atoms with E-state index < -0.39 is 29.1 Å². The lowest BCUT2D eigenvalue weighted by Gasteiger charge is -2.18. The number of esters is 1. The number of imide groups is 1. The van der Waals surface area contributed by atoms with Gasteiger partial charge in [-0.3, -0.25) is 14.5 Å². The predicted octanol–water partition coefficient (Wildman–Crippen LogP) is 3.39. The van der Waals surface area contributed by atoms with Crippen LogP contribution in [0.5, 0.6) is 0 Å². The number of hydrogen-bond donors (Lipinski definition) is 1. The number of thioether (sulfide) groups is 1. The summed E-state index contributed by atoms with van der Waals surface area (Å²) >= 11 is 0.748. The highest BCUT2D eigenvalue weighted by Gasteiger charge is 2.41. The molecule has 1 N–H and O–H groups in total. The Bertz CT molecular complexity index is 1100. The number of carboxylic acids is 1. The molecule has 0 bridgehead atoms. The van der Waals surface area contributed by atoms with Gasteiger partial charge in [0.15, 0.2) is 0 Å². The molecule has 0 radical (unpaired) electrons. The lowest BCUT2D eigenvalue weighted by atomic mass is 10.1. The molecule has 1 saturated heterocycles. The number of para-hydroxylation sites is 1. The Balaban J connectivity index is 2.02. The summed E-state index contributed by atoms with van der Waals surface area (Å²) < 4.78 is 6.42. The Labute approximate surface area is 177 Å². The van der Waals surface area contributed by atoms with Gasteiger partial charge in [-0.2, -0.15) is 0 Å². The van der Waals surface area contributed by atoms with E-state index in [0.29, 0.717) is 16.9 Å². The fourth-order valence-corrected chi connectivity index (χ4v) is 4.28. The van der Waals surface area contributed by atoms with Crippen molar-refractivity contribution in [3.05, 3.63) is 57.8 Å². The molecular formula is C21H20N2O6S. The number of aromatic carboxylic acids is 1. The molecule has 1 atom stereocenters. The van der Waals surface area contributed by atoms with E-state index in [2.05, 4.69) is 4.74 Å². The monoisotopic (exact) mass is 428 g/mol. The average Bonchev–Trinajstić information content (AvgIpc) is 3.15. The average molecular weight is 428 g/mol. The zero-order valence-electron chi connectivity index (χ0n) is 16.8. The highest BCUT2D eigenvalue weighted by Crippen LogP contribution is 2.35. The highest BCUT2D eigenvalue weighted by molar-refractivity contribution is 8.18. The first kappa shape index (κ1) is 21.4. The zero-order chi connectivity index (χ0) is 22.2. The van der Waals surface area contributed by atoms with Crippen LogP contribution in [0.3, 0.4) is 0 Å². The lowest BCUT2D eigenvalue weighted by Crippen LogP contribution is -2.42. The van der Waals surface area contributed by atoms with Crippen molar-refractivity contribution in [2.45, 2.75) is 26.8 Å². The van der Waals surface area contributed by atoms with Crippen LogP contribution < -0.4 is 0 Å². The maximum atomic E-state index is 12.7. The lowest BCUT2D eigenvalue weighted by molar-refractivity contribution is -0.148. The van der Waals surface area contributed by atoms with E-state index in [1.165, 1.54) is 20.1 Å². The summed E-state index contributed by atoms with van der Waals surface area (Å²) in [6.07, 6.45) is 1.58. The number of methoxy groups -OCH3 is 1. The zero-order valence-corrected chi connectivity index (χ0v) is 17.6. The Morgan fingerprint density at radius 1 is 1.20 bits per heavy atom. The van der Waals surface area contributed by atoms with Crippen molar-refractivity contribution in [3.8, 4) is 5.69 Å². The summed E-state index contributed by atoms with van der Waals surface area (Å²) in [5, 5.41) is 8.95. The standard InChI is InChI=1S/C21H20N2O6S/c1-11-9-14(12(2)22(11)16-8-6-5-7-15(16)19(25)26)10-17-18(24)23(21(28)30-17)13(3)20(27)29-4/h5-10,13H,1-4H3,(H,25,26)/b17-10+/t13-/m0/s1. The van der Waals surface area contributed by atoms with Gasteiger partial charge < -0.3 is 14.4 Å². The second-order valence-electron chi connectivity index (χ2n) is 6.74. The van der Waals surface area contributed by atoms with Crippen LogP contribution >= 0.6 is 11.8 Å². The summed E-state index contributed by atoms with van der Waals surface area (Å²) in [5.41, 5.74) is 2.82. The van der Waals surface area contributed by atoms with Gasteiger partial charge in [-0.15, -0.1) is 0 Å². The fraction of sp³-hybridized carbons (Fsp3) is 0.238. The molecule has 0 spiro atoms. The van der Waals surface area contributed by atoms with Crippen molar-refractivity contribution < 1.29 is 29.0 Å². The van der Waals surface area contributed by atoms with Gasteiger partial charge >= 0.3 is 11.9 Å². The van der Waals surface area contributed by atoms with Crippen LogP contribution in [-0.4, -0.2) is 50.8 Å². The maximum Gasteiger partial charge on any atom is 0.337 e. The number of hydrogen-bond acceptors (Lipinski definition) is 6. The van der Waals surface area contributed by atoms with Gasteiger partial charge in [0, 0.05) is 11.4 Å². The number of amides is 2. The van der Waals surface area contributed by atoms with E-state index in [4.69, 9.17) is 0 Å².